The highest BCUT2D eigenvalue weighted by molar-refractivity contribution is 9.08. The first-order chi connectivity index (χ1) is 9.19. The van der Waals surface area contributed by atoms with Crippen LogP contribution in [0.25, 0.3) is 0 Å². The molecule has 112 valence electrons. The normalized spacial score (nSPS) is 11.6. The van der Waals surface area contributed by atoms with Crippen molar-refractivity contribution in [2.45, 2.75) is 18.1 Å². The van der Waals surface area contributed by atoms with Crippen LogP contribution in [-0.4, -0.2) is 24.4 Å². The Kier molecular flexibility index (Phi) is 5.26. The third-order valence-electron chi connectivity index (χ3n) is 2.07. The molecule has 4 nitrogen and oxygen atoms in total. The Bertz CT molecular complexity index is 506. The van der Waals surface area contributed by atoms with Crippen molar-refractivity contribution in [2.24, 2.45) is 0 Å². The second-order valence-electron chi connectivity index (χ2n) is 3.36. The quantitative estimate of drug-likeness (QED) is 0.466. The summed E-state index contributed by atoms with van der Waals surface area (Å²) >= 11 is 2.88. The Hall–Kier alpha value is -1.45. The maximum atomic E-state index is 12.7. The number of pyridine rings is 1. The van der Waals surface area contributed by atoms with Gasteiger partial charge in [0.15, 0.2) is 0 Å². The lowest BCUT2D eigenvalue weighted by Crippen LogP contribution is -2.21. The second-order valence-corrected chi connectivity index (χ2v) is 3.92. The van der Waals surface area contributed by atoms with E-state index >= 15 is 0 Å². The van der Waals surface area contributed by atoms with Gasteiger partial charge in [-0.1, -0.05) is 15.9 Å². The zero-order valence-corrected chi connectivity index (χ0v) is 11.4. The molecule has 1 heterocycles. The van der Waals surface area contributed by atoms with E-state index < -0.39 is 35.9 Å². The number of hydrogen-bond donors (Lipinski definition) is 0. The van der Waals surface area contributed by atoms with Crippen molar-refractivity contribution in [3.63, 3.8) is 0 Å². The lowest BCUT2D eigenvalue weighted by Gasteiger charge is -2.14. The minimum atomic E-state index is -5.18. The van der Waals surface area contributed by atoms with Gasteiger partial charge in [-0.3, -0.25) is 0 Å². The Morgan fingerprint density at radius 2 is 2.05 bits per heavy atom. The molecule has 0 aromatic carbocycles. The van der Waals surface area contributed by atoms with Gasteiger partial charge < -0.3 is 9.47 Å². The van der Waals surface area contributed by atoms with Crippen molar-refractivity contribution in [1.29, 1.82) is 0 Å². The Morgan fingerprint density at radius 1 is 1.45 bits per heavy atom. The van der Waals surface area contributed by atoms with Crippen LogP contribution in [0, 0.1) is 0 Å². The molecule has 0 aliphatic rings. The average molecular weight is 364 g/mol. The van der Waals surface area contributed by atoms with Crippen LogP contribution < -0.4 is 4.74 Å². The number of methoxy groups -OCH3 is 1. The molecule has 0 fully saturated rings. The predicted octanol–water partition coefficient (Wildman–Crippen LogP) is 3.60. The van der Waals surface area contributed by atoms with E-state index in [-0.39, 0.29) is 10.9 Å². The fourth-order valence-electron chi connectivity index (χ4n) is 1.29. The highest BCUT2D eigenvalue weighted by atomic mass is 79.9. The fourth-order valence-corrected chi connectivity index (χ4v) is 1.74. The van der Waals surface area contributed by atoms with Crippen LogP contribution in [0.1, 0.15) is 28.0 Å². The van der Waals surface area contributed by atoms with E-state index in [0.29, 0.717) is 0 Å². The van der Waals surface area contributed by atoms with E-state index in [1.165, 1.54) is 0 Å². The molecule has 20 heavy (non-hydrogen) atoms. The highest BCUT2D eigenvalue weighted by Crippen LogP contribution is 2.31. The van der Waals surface area contributed by atoms with E-state index in [9.17, 15) is 26.7 Å². The minimum Gasteiger partial charge on any atom is -0.465 e. The number of rotatable bonds is 4. The van der Waals surface area contributed by atoms with Crippen molar-refractivity contribution in [3.8, 4) is 5.88 Å². The van der Waals surface area contributed by atoms with Gasteiger partial charge in [0.25, 0.3) is 6.43 Å². The molecule has 10 heteroatoms. The van der Waals surface area contributed by atoms with Crippen molar-refractivity contribution in [3.05, 3.63) is 22.9 Å². The molecule has 0 saturated heterocycles. The van der Waals surface area contributed by atoms with Gasteiger partial charge in [-0.25, -0.2) is 18.6 Å². The summed E-state index contributed by atoms with van der Waals surface area (Å²) in [4.78, 5) is 14.4. The number of carbonyl (C=O) groups excluding carboxylic acids is 1. The standard InChI is InChI=1S/C10H7BrF5NO3/c1-19-9(18)5-2-4(3-11)6(7(12)13)17-8(5)20-10(14,15)16/h2,7H,3H2,1H3. The number of alkyl halides is 6. The number of carbonyl (C=O) groups is 1. The van der Waals surface area contributed by atoms with Gasteiger partial charge in [0.2, 0.25) is 5.88 Å². The molecule has 0 bridgehead atoms. The number of halogens is 6. The van der Waals surface area contributed by atoms with Crippen molar-refractivity contribution >= 4 is 21.9 Å². The Balaban J connectivity index is 3.43. The van der Waals surface area contributed by atoms with Gasteiger partial charge in [-0.2, -0.15) is 0 Å². The van der Waals surface area contributed by atoms with E-state index in [0.717, 1.165) is 13.2 Å². The third kappa shape index (κ3) is 4.02. The summed E-state index contributed by atoms with van der Waals surface area (Å²) in [5.74, 6) is -2.45. The SMILES string of the molecule is COC(=O)c1cc(CBr)c(C(F)F)nc1OC(F)(F)F. The topological polar surface area (TPSA) is 48.4 Å². The molecule has 0 saturated carbocycles. The monoisotopic (exact) mass is 363 g/mol. The second kappa shape index (κ2) is 6.33. The van der Waals surface area contributed by atoms with Crippen molar-refractivity contribution in [1.82, 2.24) is 4.98 Å². The molecular formula is C10H7BrF5NO3. The van der Waals surface area contributed by atoms with Crippen LogP contribution in [-0.2, 0) is 10.1 Å². The first-order valence-electron chi connectivity index (χ1n) is 4.91. The zero-order chi connectivity index (χ0) is 15.5. The summed E-state index contributed by atoms with van der Waals surface area (Å²) in [7, 11) is 0.925. The van der Waals surface area contributed by atoms with E-state index in [1.807, 2.05) is 0 Å². The van der Waals surface area contributed by atoms with Crippen molar-refractivity contribution in [2.75, 3.05) is 7.11 Å². The van der Waals surface area contributed by atoms with E-state index in [1.54, 1.807) is 0 Å². The molecule has 0 radical (unpaired) electrons. The Morgan fingerprint density at radius 3 is 2.45 bits per heavy atom. The molecule has 0 spiro atoms. The number of esters is 1. The molecule has 0 amide bonds. The summed E-state index contributed by atoms with van der Waals surface area (Å²) in [6, 6.07) is 0.816. The average Bonchev–Trinajstić information content (AvgIpc) is 2.35. The maximum absolute atomic E-state index is 12.7. The molecule has 0 N–H and O–H groups in total. The predicted molar refractivity (Wildman–Crippen MR) is 59.8 cm³/mol. The van der Waals surface area contributed by atoms with Crippen LogP contribution >= 0.6 is 15.9 Å². The van der Waals surface area contributed by atoms with E-state index in [4.69, 9.17) is 0 Å². The third-order valence-corrected chi connectivity index (χ3v) is 2.67. The molecule has 1 rings (SSSR count). The number of nitrogens with zero attached hydrogens (tertiary/aromatic N) is 1. The van der Waals surface area contributed by atoms with Crippen LogP contribution in [0.2, 0.25) is 0 Å². The number of hydrogen-bond acceptors (Lipinski definition) is 4. The molecule has 0 unspecified atom stereocenters. The van der Waals surface area contributed by atoms with Gasteiger partial charge in [0, 0.05) is 5.33 Å². The first-order valence-corrected chi connectivity index (χ1v) is 6.03. The van der Waals surface area contributed by atoms with E-state index in [2.05, 4.69) is 30.4 Å². The van der Waals surface area contributed by atoms with Crippen molar-refractivity contribution < 1.29 is 36.2 Å². The lowest BCUT2D eigenvalue weighted by atomic mass is 10.1. The minimum absolute atomic E-state index is 0.129. The zero-order valence-electron chi connectivity index (χ0n) is 9.80. The van der Waals surface area contributed by atoms with Crippen LogP contribution in [0.5, 0.6) is 5.88 Å². The summed E-state index contributed by atoms with van der Waals surface area (Å²) in [5.41, 5.74) is -1.74. The van der Waals surface area contributed by atoms with Crippen LogP contribution in [0.3, 0.4) is 0 Å². The molecule has 1 aromatic rings. The summed E-state index contributed by atoms with van der Waals surface area (Å²) in [6.45, 7) is 0. The Labute approximate surface area is 118 Å². The highest BCUT2D eigenvalue weighted by Gasteiger charge is 2.35. The van der Waals surface area contributed by atoms with Crippen LogP contribution in [0.4, 0.5) is 22.0 Å². The molecule has 0 aliphatic carbocycles. The first kappa shape index (κ1) is 16.6. The number of ether oxygens (including phenoxy) is 2. The van der Waals surface area contributed by atoms with Gasteiger partial charge in [0.1, 0.15) is 11.3 Å². The van der Waals surface area contributed by atoms with Gasteiger partial charge >= 0.3 is 12.3 Å². The lowest BCUT2D eigenvalue weighted by molar-refractivity contribution is -0.276. The number of aromatic nitrogens is 1. The smallest absolute Gasteiger partial charge is 0.465 e. The van der Waals surface area contributed by atoms with Gasteiger partial charge in [-0.05, 0) is 11.6 Å². The fraction of sp³-hybridized carbons (Fsp3) is 0.400. The summed E-state index contributed by atoms with van der Waals surface area (Å²) < 4.78 is 69.7. The molecule has 0 aliphatic heterocycles. The van der Waals surface area contributed by atoms with Gasteiger partial charge in [-0.15, -0.1) is 13.2 Å². The van der Waals surface area contributed by atoms with Gasteiger partial charge in [0.05, 0.1) is 7.11 Å². The molecular weight excluding hydrogens is 357 g/mol. The summed E-state index contributed by atoms with van der Waals surface area (Å²) in [5, 5.41) is -0.129. The summed E-state index contributed by atoms with van der Waals surface area (Å²) in [6.07, 6.45) is -8.30. The maximum Gasteiger partial charge on any atom is 0.574 e. The van der Waals surface area contributed by atoms with Crippen LogP contribution in [0.15, 0.2) is 6.07 Å². The molecule has 0 atom stereocenters. The molecule has 1 aromatic heterocycles. The largest absolute Gasteiger partial charge is 0.574 e.